The summed E-state index contributed by atoms with van der Waals surface area (Å²) in [7, 11) is 0. The van der Waals surface area contributed by atoms with Gasteiger partial charge in [-0.2, -0.15) is 0 Å². The van der Waals surface area contributed by atoms with E-state index in [1.807, 2.05) is 36.1 Å². The number of hydrogen-bond acceptors (Lipinski definition) is 1. The molecule has 0 aliphatic rings. The van der Waals surface area contributed by atoms with Crippen LogP contribution in [0.4, 0.5) is 21.5 Å². The molecule has 6 aromatic rings. The number of hydrogen-bond donors (Lipinski definition) is 0. The number of para-hydroxylation sites is 1. The molecule has 0 N–H and O–H groups in total. The summed E-state index contributed by atoms with van der Waals surface area (Å²) in [6.07, 6.45) is 0. The molecule has 44 heavy (non-hydrogen) atoms. The molecular formula is C39H37Cl2FN2. The highest BCUT2D eigenvalue weighted by atomic mass is 35.5. The number of aromatic nitrogens is 1. The monoisotopic (exact) mass is 622 g/mol. The highest BCUT2D eigenvalue weighted by Crippen LogP contribution is 2.45. The number of fused-ring (bicyclic) bond motifs is 3. The summed E-state index contributed by atoms with van der Waals surface area (Å²) < 4.78 is 18.1. The van der Waals surface area contributed by atoms with Gasteiger partial charge in [0.1, 0.15) is 5.82 Å². The summed E-state index contributed by atoms with van der Waals surface area (Å²) in [4.78, 5) is 1.86. The number of anilines is 3. The van der Waals surface area contributed by atoms with Gasteiger partial charge in [0, 0.05) is 22.1 Å². The molecule has 0 spiro atoms. The first-order valence-corrected chi connectivity index (χ1v) is 15.7. The van der Waals surface area contributed by atoms with Crippen molar-refractivity contribution in [1.82, 2.24) is 4.57 Å². The van der Waals surface area contributed by atoms with Gasteiger partial charge in [0.05, 0.1) is 32.5 Å². The normalized spacial score (nSPS) is 12.3. The summed E-state index contributed by atoms with van der Waals surface area (Å²) in [5.74, 6) is -0.339. The first-order chi connectivity index (χ1) is 20.7. The molecule has 5 aromatic carbocycles. The zero-order chi connectivity index (χ0) is 31.6. The lowest BCUT2D eigenvalue weighted by Crippen LogP contribution is -2.17. The van der Waals surface area contributed by atoms with Gasteiger partial charge >= 0.3 is 0 Å². The fraction of sp³-hybridized carbons (Fsp3) is 0.231. The first kappa shape index (κ1) is 30.2. The van der Waals surface area contributed by atoms with Crippen molar-refractivity contribution in [3.63, 3.8) is 0 Å². The molecule has 0 atom stereocenters. The van der Waals surface area contributed by atoms with Gasteiger partial charge < -0.3 is 9.47 Å². The van der Waals surface area contributed by atoms with Crippen LogP contribution in [0.15, 0.2) is 97.1 Å². The van der Waals surface area contributed by atoms with Crippen LogP contribution in [0.3, 0.4) is 0 Å². The highest BCUT2D eigenvalue weighted by Gasteiger charge is 2.24. The van der Waals surface area contributed by atoms with Gasteiger partial charge in [-0.3, -0.25) is 0 Å². The number of halogens is 3. The van der Waals surface area contributed by atoms with Crippen molar-refractivity contribution in [3.8, 4) is 5.69 Å². The van der Waals surface area contributed by atoms with Crippen molar-refractivity contribution in [1.29, 1.82) is 0 Å². The first-order valence-electron chi connectivity index (χ1n) is 14.9. The molecule has 0 fully saturated rings. The maximum absolute atomic E-state index is 15.7. The fourth-order valence-corrected chi connectivity index (χ4v) is 6.23. The molecule has 1 aromatic heterocycles. The van der Waals surface area contributed by atoms with Crippen molar-refractivity contribution in [2.75, 3.05) is 4.90 Å². The Hall–Kier alpha value is -3.79. The van der Waals surface area contributed by atoms with Crippen LogP contribution >= 0.6 is 23.2 Å². The Morgan fingerprint density at radius 3 is 1.95 bits per heavy atom. The van der Waals surface area contributed by atoms with Gasteiger partial charge in [0.15, 0.2) is 0 Å². The Balaban J connectivity index is 1.69. The van der Waals surface area contributed by atoms with E-state index < -0.39 is 0 Å². The van der Waals surface area contributed by atoms with Crippen molar-refractivity contribution in [3.05, 3.63) is 130 Å². The van der Waals surface area contributed by atoms with Gasteiger partial charge in [0.25, 0.3) is 0 Å². The molecular weight excluding hydrogens is 586 g/mol. The third-order valence-corrected chi connectivity index (χ3v) is 9.15. The predicted molar refractivity (Wildman–Crippen MR) is 188 cm³/mol. The van der Waals surface area contributed by atoms with E-state index in [2.05, 4.69) is 101 Å². The molecule has 1 heterocycles. The van der Waals surface area contributed by atoms with Crippen molar-refractivity contribution in [2.45, 2.75) is 59.3 Å². The van der Waals surface area contributed by atoms with E-state index >= 15 is 4.39 Å². The van der Waals surface area contributed by atoms with Crippen molar-refractivity contribution in [2.24, 2.45) is 0 Å². The molecule has 5 heteroatoms. The molecule has 2 nitrogen and oxygen atoms in total. The van der Waals surface area contributed by atoms with Crippen LogP contribution in [0.2, 0.25) is 10.0 Å². The average molecular weight is 624 g/mol. The van der Waals surface area contributed by atoms with Crippen LogP contribution in [0.25, 0.3) is 27.5 Å². The molecule has 0 aliphatic heterocycles. The molecule has 0 radical (unpaired) electrons. The third kappa shape index (κ3) is 5.38. The smallest absolute Gasteiger partial charge is 0.147 e. The molecule has 0 saturated carbocycles. The third-order valence-electron chi connectivity index (χ3n) is 8.34. The lowest BCUT2D eigenvalue weighted by atomic mass is 9.80. The quantitative estimate of drug-likeness (QED) is 0.190. The van der Waals surface area contributed by atoms with Crippen molar-refractivity contribution >= 4 is 62.1 Å². The second-order valence-corrected chi connectivity index (χ2v) is 14.5. The van der Waals surface area contributed by atoms with Gasteiger partial charge in [-0.05, 0) is 89.0 Å². The zero-order valence-electron chi connectivity index (χ0n) is 26.3. The van der Waals surface area contributed by atoms with Gasteiger partial charge in [-0.15, -0.1) is 0 Å². The topological polar surface area (TPSA) is 8.17 Å². The minimum Gasteiger partial charge on any atom is -0.309 e. The Morgan fingerprint density at radius 2 is 1.30 bits per heavy atom. The molecule has 0 bridgehead atoms. The van der Waals surface area contributed by atoms with Crippen molar-refractivity contribution < 1.29 is 4.39 Å². The minimum atomic E-state index is -0.339. The van der Waals surface area contributed by atoms with Crippen LogP contribution in [-0.2, 0) is 10.8 Å². The highest BCUT2D eigenvalue weighted by molar-refractivity contribution is 6.44. The molecule has 0 saturated heterocycles. The summed E-state index contributed by atoms with van der Waals surface area (Å²) in [6, 6.07) is 32.4. The summed E-state index contributed by atoms with van der Waals surface area (Å²) >= 11 is 13.3. The Kier molecular flexibility index (Phi) is 7.55. The van der Waals surface area contributed by atoms with E-state index in [0.29, 0.717) is 21.4 Å². The average Bonchev–Trinajstić information content (AvgIpc) is 3.29. The molecule has 0 aliphatic carbocycles. The van der Waals surface area contributed by atoms with E-state index in [-0.39, 0.29) is 16.6 Å². The summed E-state index contributed by atoms with van der Waals surface area (Å²) in [6.45, 7) is 15.4. The maximum atomic E-state index is 15.7. The number of rotatable bonds is 4. The number of nitrogens with zero attached hydrogens (tertiary/aromatic N) is 2. The molecule has 0 unspecified atom stereocenters. The van der Waals surface area contributed by atoms with Crippen LogP contribution in [0.1, 0.15) is 58.2 Å². The maximum Gasteiger partial charge on any atom is 0.147 e. The van der Waals surface area contributed by atoms with Crippen LogP contribution in [0.5, 0.6) is 0 Å². The lowest BCUT2D eigenvalue weighted by molar-refractivity contribution is 0.568. The number of aryl methyl sites for hydroxylation is 1. The zero-order valence-corrected chi connectivity index (χ0v) is 27.8. The summed E-state index contributed by atoms with van der Waals surface area (Å²) in [5, 5.41) is 3.04. The molecule has 6 rings (SSSR count). The molecule has 224 valence electrons. The Bertz CT molecular complexity index is 2010. The lowest BCUT2D eigenvalue weighted by Gasteiger charge is -2.28. The van der Waals surface area contributed by atoms with E-state index in [0.717, 1.165) is 38.7 Å². The number of benzene rings is 5. The second kappa shape index (κ2) is 11.0. The van der Waals surface area contributed by atoms with Gasteiger partial charge in [-0.1, -0.05) is 107 Å². The van der Waals surface area contributed by atoms with E-state index in [4.69, 9.17) is 23.2 Å². The van der Waals surface area contributed by atoms with Crippen LogP contribution in [-0.4, -0.2) is 4.57 Å². The SMILES string of the molecule is Cc1ccc(N(c2ccc3c4ccccc4n(-c4cc(C(C)(C)C)cc(C(C)(C)C)c4)c3c2)c2cccc(Cl)c2Cl)c(F)c1. The van der Waals surface area contributed by atoms with Gasteiger partial charge in [-0.25, -0.2) is 4.39 Å². The molecule has 0 amide bonds. The van der Waals surface area contributed by atoms with Gasteiger partial charge in [0.2, 0.25) is 0 Å². The van der Waals surface area contributed by atoms with Crippen LogP contribution < -0.4 is 4.90 Å². The Morgan fingerprint density at radius 1 is 0.636 bits per heavy atom. The standard InChI is InChI=1S/C39H37Cl2FN2/c1-24-15-18-34(32(42)19-24)43(35-14-10-12-31(40)37(35)41)27-16-17-30-29-11-8-9-13-33(29)44(36(30)23-27)28-21-25(38(2,3)4)20-26(22-28)39(5,6)7/h8-23H,1-7H3. The minimum absolute atomic E-state index is 0.0387. The van der Waals surface area contributed by atoms with E-state index in [9.17, 15) is 0 Å². The second-order valence-electron chi connectivity index (χ2n) is 13.7. The largest absolute Gasteiger partial charge is 0.309 e. The van der Waals surface area contributed by atoms with E-state index in [1.165, 1.54) is 11.1 Å². The fourth-order valence-electron chi connectivity index (χ4n) is 5.85. The van der Waals surface area contributed by atoms with Crippen LogP contribution in [0, 0.1) is 12.7 Å². The van der Waals surface area contributed by atoms with E-state index in [1.54, 1.807) is 18.2 Å². The summed E-state index contributed by atoms with van der Waals surface area (Å²) in [5.41, 5.74) is 8.31. The Labute approximate surface area is 269 Å². The predicted octanol–water partition coefficient (Wildman–Crippen LogP) is 12.6.